The first-order valence-corrected chi connectivity index (χ1v) is 3.73. The second kappa shape index (κ2) is 10.9. The molecule has 0 fully saturated rings. The average molecular weight is 175 g/mol. The molecule has 0 saturated carbocycles. The van der Waals surface area contributed by atoms with Crippen LogP contribution in [0.2, 0.25) is 0 Å². The molecule has 2 radical (unpaired) electrons. The van der Waals surface area contributed by atoms with E-state index in [0.717, 1.165) is 0 Å². The minimum absolute atomic E-state index is 0. The van der Waals surface area contributed by atoms with Gasteiger partial charge in [0.2, 0.25) is 0 Å². The molecule has 0 aliphatic carbocycles. The molecule has 0 aliphatic rings. The number of rotatable bonds is 0. The maximum Gasteiger partial charge on any atom is 3.00 e. The van der Waals surface area contributed by atoms with Gasteiger partial charge in [0.1, 0.15) is 8.25 Å². The van der Waals surface area contributed by atoms with Crippen molar-refractivity contribution in [1.82, 2.24) is 6.15 Å². The molecule has 7 nitrogen and oxygen atoms in total. The van der Waals surface area contributed by atoms with E-state index in [1.807, 2.05) is 0 Å². The van der Waals surface area contributed by atoms with Gasteiger partial charge in [-0.15, -0.1) is 0 Å². The standard InChI is InChI=1S/N.2H3O3P/c;2*1-4(2)3/h;2*4H,(H2,1,2,3)/q+3;;/p-3. The molecule has 0 aliphatic heterocycles. The van der Waals surface area contributed by atoms with Crippen molar-refractivity contribution >= 4 is 16.5 Å². The van der Waals surface area contributed by atoms with Crippen molar-refractivity contribution in [3.8, 4) is 0 Å². The molecule has 9 heavy (non-hydrogen) atoms. The lowest BCUT2D eigenvalue weighted by molar-refractivity contribution is -0.297. The summed E-state index contributed by atoms with van der Waals surface area (Å²) in [7, 11) is -7.01. The van der Waals surface area contributed by atoms with Crippen LogP contribution >= 0.6 is 16.5 Å². The highest BCUT2D eigenvalue weighted by molar-refractivity contribution is 7.29. The zero-order valence-electron chi connectivity index (χ0n) is 3.94. The molecule has 0 spiro atoms. The largest absolute Gasteiger partial charge is 3.00 e. The van der Waals surface area contributed by atoms with Gasteiger partial charge in [-0.05, 0) is 0 Å². The van der Waals surface area contributed by atoms with Gasteiger partial charge in [0.05, 0.1) is 0 Å². The first-order chi connectivity index (χ1) is 3.46. The van der Waals surface area contributed by atoms with E-state index < -0.39 is 16.5 Å². The SMILES string of the molecule is O=[PH]([O-])O.O=[PH]([O-])[O-].[N+3]. The second-order valence-electron chi connectivity index (χ2n) is 0.516. The Morgan fingerprint density at radius 2 is 1.11 bits per heavy atom. The lowest BCUT2D eigenvalue weighted by Gasteiger charge is -2.03. The van der Waals surface area contributed by atoms with Crippen molar-refractivity contribution in [3.63, 3.8) is 0 Å². The molecule has 0 saturated heterocycles. The summed E-state index contributed by atoms with van der Waals surface area (Å²) in [6.07, 6.45) is 0. The van der Waals surface area contributed by atoms with Crippen LogP contribution in [0, 0.1) is 0 Å². The summed E-state index contributed by atoms with van der Waals surface area (Å²) in [4.78, 5) is 32.7. The highest BCUT2D eigenvalue weighted by Crippen LogP contribution is 1.89. The van der Waals surface area contributed by atoms with Crippen molar-refractivity contribution in [2.24, 2.45) is 0 Å². The molecule has 0 bridgehead atoms. The van der Waals surface area contributed by atoms with Crippen molar-refractivity contribution in [2.75, 3.05) is 0 Å². The molecule has 54 valence electrons. The fourth-order valence-corrected chi connectivity index (χ4v) is 0. The van der Waals surface area contributed by atoms with Crippen LogP contribution in [-0.4, -0.2) is 4.89 Å². The Kier molecular flexibility index (Phi) is 19.4. The Labute approximate surface area is 52.4 Å². The molecule has 0 aromatic carbocycles. The minimum atomic E-state index is -3.63. The molecule has 1 unspecified atom stereocenters. The van der Waals surface area contributed by atoms with Gasteiger partial charge in [0, 0.05) is 0 Å². The number of hydrogen-bond donors (Lipinski definition) is 1. The van der Waals surface area contributed by atoms with Crippen LogP contribution in [0.5, 0.6) is 0 Å². The molecule has 0 aromatic rings. The fourth-order valence-electron chi connectivity index (χ4n) is 0. The van der Waals surface area contributed by atoms with E-state index in [1.165, 1.54) is 0 Å². The van der Waals surface area contributed by atoms with Crippen LogP contribution in [0.4, 0.5) is 0 Å². The first kappa shape index (κ1) is 16.0. The van der Waals surface area contributed by atoms with Gasteiger partial charge in [-0.2, -0.15) is 0 Å². The summed E-state index contributed by atoms with van der Waals surface area (Å²) < 4.78 is 17.1. The van der Waals surface area contributed by atoms with Gasteiger partial charge < -0.3 is 28.7 Å². The molecule has 0 amide bonds. The Morgan fingerprint density at radius 3 is 1.11 bits per heavy atom. The highest BCUT2D eigenvalue weighted by atomic mass is 31.1. The summed E-state index contributed by atoms with van der Waals surface area (Å²) in [5, 5.41) is 0. The van der Waals surface area contributed by atoms with E-state index in [2.05, 4.69) is 0 Å². The van der Waals surface area contributed by atoms with Gasteiger partial charge in [-0.3, -0.25) is 0 Å². The smallest absolute Gasteiger partial charge is 0.813 e. The second-order valence-corrected chi connectivity index (χ2v) is 1.55. The first-order valence-electron chi connectivity index (χ1n) is 1.24. The average Bonchev–Trinajstić information content (AvgIpc) is 1.25. The van der Waals surface area contributed by atoms with Crippen molar-refractivity contribution < 1.29 is 28.7 Å². The third-order valence-corrected chi connectivity index (χ3v) is 0. The number of nitrogens with zero attached hydrogens (tertiary/aromatic N) is 1. The normalized spacial score (nSPS) is 10.8. The summed E-state index contributed by atoms with van der Waals surface area (Å²) in [5.74, 6) is 0. The predicted molar refractivity (Wildman–Crippen MR) is 22.4 cm³/mol. The molecule has 1 N–H and O–H groups in total. The van der Waals surface area contributed by atoms with Gasteiger partial charge in [0.15, 0.2) is 0 Å². The van der Waals surface area contributed by atoms with Crippen LogP contribution in [0.15, 0.2) is 0 Å². The lowest BCUT2D eigenvalue weighted by Crippen LogP contribution is -1.97. The molecule has 9 heteroatoms. The molecule has 1 atom stereocenters. The lowest BCUT2D eigenvalue weighted by atomic mass is 14.0. The van der Waals surface area contributed by atoms with E-state index in [1.54, 1.807) is 0 Å². The molecule has 0 aromatic heterocycles. The van der Waals surface area contributed by atoms with Crippen molar-refractivity contribution in [1.29, 1.82) is 0 Å². The molecule has 0 heterocycles. The molecular formula is H3NO6P2. The van der Waals surface area contributed by atoms with Crippen LogP contribution in [0.3, 0.4) is 0 Å². The third-order valence-electron chi connectivity index (χ3n) is 0. The van der Waals surface area contributed by atoms with E-state index in [4.69, 9.17) is 28.7 Å². The molecular weight excluding hydrogens is 172 g/mol. The number of hydrogen-bond acceptors (Lipinski definition) is 5. The molecule has 0 rings (SSSR count). The van der Waals surface area contributed by atoms with Crippen molar-refractivity contribution in [2.45, 2.75) is 0 Å². The van der Waals surface area contributed by atoms with Crippen molar-refractivity contribution in [3.05, 3.63) is 0 Å². The summed E-state index contributed by atoms with van der Waals surface area (Å²) in [5.41, 5.74) is 0. The Balaban J connectivity index is -0.0000000720. The fraction of sp³-hybridized carbons (Fsp3) is 0. The minimum Gasteiger partial charge on any atom is -0.813 e. The van der Waals surface area contributed by atoms with Crippen LogP contribution in [0.25, 0.3) is 0 Å². The maximum absolute atomic E-state index is 8.63. The van der Waals surface area contributed by atoms with Gasteiger partial charge in [-0.25, -0.2) is 0 Å². The van der Waals surface area contributed by atoms with Crippen LogP contribution in [0.1, 0.15) is 0 Å². The summed E-state index contributed by atoms with van der Waals surface area (Å²) in [6.45, 7) is 0. The Hall–Kier alpha value is 0.0100. The zero-order chi connectivity index (χ0) is 7.15. The Morgan fingerprint density at radius 1 is 1.11 bits per heavy atom. The summed E-state index contributed by atoms with van der Waals surface area (Å²) >= 11 is 0. The van der Waals surface area contributed by atoms with E-state index >= 15 is 0 Å². The van der Waals surface area contributed by atoms with Crippen LogP contribution in [-0.2, 0) is 9.13 Å². The predicted octanol–water partition coefficient (Wildman–Crippen LogP) is -3.66. The quantitative estimate of drug-likeness (QED) is 0.374. The highest BCUT2D eigenvalue weighted by Gasteiger charge is 3.00. The van der Waals surface area contributed by atoms with Gasteiger partial charge in [0.25, 0.3) is 0 Å². The van der Waals surface area contributed by atoms with Gasteiger partial charge in [-0.1, -0.05) is 8.25 Å². The topological polar surface area (TPSA) is 154 Å². The van der Waals surface area contributed by atoms with Crippen LogP contribution < -0.4 is 20.8 Å². The van der Waals surface area contributed by atoms with E-state index in [9.17, 15) is 0 Å². The third kappa shape index (κ3) is 2890000. The van der Waals surface area contributed by atoms with E-state index in [-0.39, 0.29) is 6.15 Å². The van der Waals surface area contributed by atoms with E-state index in [0.29, 0.717) is 0 Å². The summed E-state index contributed by atoms with van der Waals surface area (Å²) in [6, 6.07) is 0. The van der Waals surface area contributed by atoms with Gasteiger partial charge >= 0.3 is 6.15 Å². The maximum atomic E-state index is 8.63. The zero-order valence-corrected chi connectivity index (χ0v) is 5.94. The monoisotopic (exact) mass is 175 g/mol. The Bertz CT molecular complexity index is 69.1.